The molecule has 1 fully saturated rings. The zero-order valence-electron chi connectivity index (χ0n) is 15.8. The SMILES string of the molecule is CC(C)C(=O)N1CCN(C(=O)c2ccc(C#Cc3ccccc3)cc2)CC1. The van der Waals surface area contributed by atoms with E-state index in [9.17, 15) is 9.59 Å². The maximum Gasteiger partial charge on any atom is 0.253 e. The molecule has 0 unspecified atom stereocenters. The summed E-state index contributed by atoms with van der Waals surface area (Å²) in [5, 5.41) is 0. The third-order valence-electron chi connectivity index (χ3n) is 4.63. The third-order valence-corrected chi connectivity index (χ3v) is 4.63. The van der Waals surface area contributed by atoms with Crippen LogP contribution in [0.3, 0.4) is 0 Å². The molecule has 138 valence electrons. The molecule has 0 bridgehead atoms. The Labute approximate surface area is 160 Å². The third kappa shape index (κ3) is 4.77. The Morgan fingerprint density at radius 2 is 1.30 bits per heavy atom. The number of hydrogen-bond acceptors (Lipinski definition) is 2. The smallest absolute Gasteiger partial charge is 0.253 e. The Hall–Kier alpha value is -3.06. The van der Waals surface area contributed by atoms with Crippen LogP contribution in [-0.4, -0.2) is 47.8 Å². The van der Waals surface area contributed by atoms with E-state index in [4.69, 9.17) is 0 Å². The van der Waals surface area contributed by atoms with E-state index in [1.807, 2.05) is 78.2 Å². The molecule has 0 saturated carbocycles. The summed E-state index contributed by atoms with van der Waals surface area (Å²) in [4.78, 5) is 28.4. The lowest BCUT2D eigenvalue weighted by atomic mass is 10.1. The molecule has 0 aliphatic carbocycles. The van der Waals surface area contributed by atoms with Crippen molar-refractivity contribution in [2.45, 2.75) is 13.8 Å². The lowest BCUT2D eigenvalue weighted by molar-refractivity contribution is -0.135. The minimum Gasteiger partial charge on any atom is -0.339 e. The second-order valence-electron chi connectivity index (χ2n) is 6.97. The van der Waals surface area contributed by atoms with Gasteiger partial charge in [-0.15, -0.1) is 0 Å². The summed E-state index contributed by atoms with van der Waals surface area (Å²) >= 11 is 0. The van der Waals surface area contributed by atoms with Crippen molar-refractivity contribution < 1.29 is 9.59 Å². The van der Waals surface area contributed by atoms with E-state index in [1.54, 1.807) is 0 Å². The van der Waals surface area contributed by atoms with Crippen molar-refractivity contribution in [3.05, 3.63) is 71.3 Å². The second kappa shape index (κ2) is 8.55. The fraction of sp³-hybridized carbons (Fsp3) is 0.304. The van der Waals surface area contributed by atoms with Gasteiger partial charge in [0.1, 0.15) is 0 Å². The Bertz CT molecular complexity index is 853. The average Bonchev–Trinajstić information content (AvgIpc) is 2.72. The molecule has 4 heteroatoms. The van der Waals surface area contributed by atoms with Gasteiger partial charge in [0.2, 0.25) is 5.91 Å². The van der Waals surface area contributed by atoms with Gasteiger partial charge in [0.15, 0.2) is 0 Å². The van der Waals surface area contributed by atoms with E-state index < -0.39 is 0 Å². The highest BCUT2D eigenvalue weighted by atomic mass is 16.2. The zero-order valence-corrected chi connectivity index (χ0v) is 15.8. The van der Waals surface area contributed by atoms with Crippen molar-refractivity contribution in [2.24, 2.45) is 5.92 Å². The molecule has 3 rings (SSSR count). The molecule has 1 aliphatic heterocycles. The Balaban J connectivity index is 1.60. The maximum atomic E-state index is 12.7. The highest BCUT2D eigenvalue weighted by Crippen LogP contribution is 2.12. The monoisotopic (exact) mass is 360 g/mol. The van der Waals surface area contributed by atoms with Crippen LogP contribution in [0.25, 0.3) is 0 Å². The van der Waals surface area contributed by atoms with Crippen molar-refractivity contribution in [2.75, 3.05) is 26.2 Å². The van der Waals surface area contributed by atoms with Gasteiger partial charge >= 0.3 is 0 Å². The van der Waals surface area contributed by atoms with Crippen LogP contribution in [0.2, 0.25) is 0 Å². The number of nitrogens with zero attached hydrogens (tertiary/aromatic N) is 2. The summed E-state index contributed by atoms with van der Waals surface area (Å²) in [5.41, 5.74) is 2.50. The van der Waals surface area contributed by atoms with Crippen molar-refractivity contribution in [3.63, 3.8) is 0 Å². The largest absolute Gasteiger partial charge is 0.339 e. The predicted molar refractivity (Wildman–Crippen MR) is 106 cm³/mol. The number of amides is 2. The fourth-order valence-electron chi connectivity index (χ4n) is 3.04. The summed E-state index contributed by atoms with van der Waals surface area (Å²) < 4.78 is 0. The molecule has 1 heterocycles. The van der Waals surface area contributed by atoms with Gasteiger partial charge in [-0.1, -0.05) is 43.9 Å². The minimum atomic E-state index is -0.00297. The molecule has 0 atom stereocenters. The summed E-state index contributed by atoms with van der Waals surface area (Å²) in [6.45, 7) is 6.16. The van der Waals surface area contributed by atoms with E-state index in [0.717, 1.165) is 11.1 Å². The van der Waals surface area contributed by atoms with Crippen LogP contribution < -0.4 is 0 Å². The van der Waals surface area contributed by atoms with Gasteiger partial charge in [-0.2, -0.15) is 0 Å². The van der Waals surface area contributed by atoms with Gasteiger partial charge in [0, 0.05) is 48.8 Å². The fourth-order valence-corrected chi connectivity index (χ4v) is 3.04. The predicted octanol–water partition coefficient (Wildman–Crippen LogP) is 3.03. The van der Waals surface area contributed by atoms with Crippen molar-refractivity contribution >= 4 is 11.8 Å². The number of rotatable bonds is 2. The lowest BCUT2D eigenvalue weighted by Crippen LogP contribution is -2.51. The molecule has 0 spiro atoms. The summed E-state index contributed by atoms with van der Waals surface area (Å²) in [5.74, 6) is 6.39. The van der Waals surface area contributed by atoms with Crippen LogP contribution in [0.1, 0.15) is 35.3 Å². The van der Waals surface area contributed by atoms with Crippen LogP contribution >= 0.6 is 0 Å². The molecule has 0 radical (unpaired) electrons. The van der Waals surface area contributed by atoms with E-state index in [-0.39, 0.29) is 17.7 Å². The number of benzene rings is 2. The molecule has 2 aromatic rings. The minimum absolute atomic E-state index is 0.00297. The van der Waals surface area contributed by atoms with Crippen molar-refractivity contribution in [1.29, 1.82) is 0 Å². The number of carbonyl (C=O) groups excluding carboxylic acids is 2. The quantitative estimate of drug-likeness (QED) is 0.773. The van der Waals surface area contributed by atoms with Gasteiger partial charge in [0.05, 0.1) is 0 Å². The highest BCUT2D eigenvalue weighted by molar-refractivity contribution is 5.94. The first kappa shape index (κ1) is 18.7. The van der Waals surface area contributed by atoms with E-state index in [1.165, 1.54) is 0 Å². The second-order valence-corrected chi connectivity index (χ2v) is 6.97. The number of piperazine rings is 1. The molecular formula is C23H24N2O2. The van der Waals surface area contributed by atoms with Crippen LogP contribution in [0.5, 0.6) is 0 Å². The number of hydrogen-bond donors (Lipinski definition) is 0. The molecule has 1 saturated heterocycles. The number of carbonyl (C=O) groups is 2. The maximum absolute atomic E-state index is 12.7. The first-order chi connectivity index (χ1) is 13.0. The summed E-state index contributed by atoms with van der Waals surface area (Å²) in [6, 6.07) is 17.2. The van der Waals surface area contributed by atoms with Crippen LogP contribution in [0.4, 0.5) is 0 Å². The summed E-state index contributed by atoms with van der Waals surface area (Å²) in [6.07, 6.45) is 0. The molecule has 1 aliphatic rings. The summed E-state index contributed by atoms with van der Waals surface area (Å²) in [7, 11) is 0. The molecule has 0 N–H and O–H groups in total. The van der Waals surface area contributed by atoms with Crippen molar-refractivity contribution in [1.82, 2.24) is 9.80 Å². The first-order valence-corrected chi connectivity index (χ1v) is 9.30. The average molecular weight is 360 g/mol. The topological polar surface area (TPSA) is 40.6 Å². The van der Waals surface area contributed by atoms with E-state index >= 15 is 0 Å². The highest BCUT2D eigenvalue weighted by Gasteiger charge is 2.25. The van der Waals surface area contributed by atoms with Crippen LogP contribution in [0, 0.1) is 17.8 Å². The van der Waals surface area contributed by atoms with Crippen LogP contribution in [0.15, 0.2) is 54.6 Å². The lowest BCUT2D eigenvalue weighted by Gasteiger charge is -2.35. The van der Waals surface area contributed by atoms with Gasteiger partial charge in [0.25, 0.3) is 5.91 Å². The Kier molecular flexibility index (Phi) is 5.93. The van der Waals surface area contributed by atoms with E-state index in [2.05, 4.69) is 11.8 Å². The molecule has 2 amide bonds. The van der Waals surface area contributed by atoms with Gasteiger partial charge < -0.3 is 9.80 Å². The van der Waals surface area contributed by atoms with Gasteiger partial charge in [-0.05, 0) is 36.4 Å². The molecule has 4 nitrogen and oxygen atoms in total. The van der Waals surface area contributed by atoms with Crippen LogP contribution in [-0.2, 0) is 4.79 Å². The standard InChI is InChI=1S/C23H24N2O2/c1-18(2)22(26)24-14-16-25(17-15-24)23(27)21-12-10-20(11-13-21)9-8-19-6-4-3-5-7-19/h3-7,10-13,18H,14-17H2,1-2H3. The molecule has 27 heavy (non-hydrogen) atoms. The van der Waals surface area contributed by atoms with Gasteiger partial charge in [-0.25, -0.2) is 0 Å². The zero-order chi connectivity index (χ0) is 19.2. The molecule has 2 aromatic carbocycles. The Morgan fingerprint density at radius 1 is 0.778 bits per heavy atom. The van der Waals surface area contributed by atoms with E-state index in [0.29, 0.717) is 31.7 Å². The molecule has 0 aromatic heterocycles. The normalized spacial score (nSPS) is 13.9. The Morgan fingerprint density at radius 3 is 1.85 bits per heavy atom. The van der Waals surface area contributed by atoms with Gasteiger partial charge in [-0.3, -0.25) is 9.59 Å². The first-order valence-electron chi connectivity index (χ1n) is 9.30. The van der Waals surface area contributed by atoms with Crippen molar-refractivity contribution in [3.8, 4) is 11.8 Å². The molecular weight excluding hydrogens is 336 g/mol.